The van der Waals surface area contributed by atoms with Crippen molar-refractivity contribution in [3.05, 3.63) is 0 Å². The number of nitrogens with zero attached hydrogens (tertiary/aromatic N) is 1. The topological polar surface area (TPSA) is 69.7 Å². The number of hydrogen-bond donors (Lipinski definition) is 3. The molecule has 0 aliphatic heterocycles. The summed E-state index contributed by atoms with van der Waals surface area (Å²) < 4.78 is 0. The molecule has 0 amide bonds. The summed E-state index contributed by atoms with van der Waals surface area (Å²) in [5.74, 6) is 0. The van der Waals surface area contributed by atoms with E-state index in [4.69, 9.17) is 15.9 Å². The van der Waals surface area contributed by atoms with Gasteiger partial charge in [-0.3, -0.25) is 0 Å². The summed E-state index contributed by atoms with van der Waals surface area (Å²) in [5.41, 5.74) is 5.47. The van der Waals surface area contributed by atoms with Gasteiger partial charge in [-0.25, -0.2) is 0 Å². The Kier molecular flexibility index (Phi) is 12.8. The van der Waals surface area contributed by atoms with E-state index in [1.807, 2.05) is 0 Å². The van der Waals surface area contributed by atoms with Gasteiger partial charge in [-0.2, -0.15) is 0 Å². The molecule has 4 N–H and O–H groups in total. The second kappa shape index (κ2) is 12.9. The van der Waals surface area contributed by atoms with Crippen LogP contribution in [0.1, 0.15) is 38.5 Å². The van der Waals surface area contributed by atoms with Crippen LogP contribution in [0.4, 0.5) is 0 Å². The highest BCUT2D eigenvalue weighted by Gasteiger charge is 2.03. The molecule has 4 heteroatoms. The zero-order valence-electron chi connectivity index (χ0n) is 10.4. The molecule has 0 bridgehead atoms. The first-order chi connectivity index (χ1) is 7.85. The Hall–Kier alpha value is -0.160. The van der Waals surface area contributed by atoms with Crippen LogP contribution in [0.15, 0.2) is 0 Å². The van der Waals surface area contributed by atoms with Crippen LogP contribution in [0.3, 0.4) is 0 Å². The van der Waals surface area contributed by atoms with Gasteiger partial charge in [-0.05, 0) is 64.7 Å². The quantitative estimate of drug-likeness (QED) is 0.430. The normalized spacial score (nSPS) is 11.2. The average Bonchev–Trinajstić information content (AvgIpc) is 2.29. The maximum Gasteiger partial charge on any atom is 0.0431 e. The van der Waals surface area contributed by atoms with Crippen LogP contribution < -0.4 is 5.73 Å². The van der Waals surface area contributed by atoms with E-state index in [0.717, 1.165) is 64.7 Å². The molecule has 0 spiro atoms. The molecule has 0 heterocycles. The highest BCUT2D eigenvalue weighted by Crippen LogP contribution is 2.01. The maximum absolute atomic E-state index is 8.74. The van der Waals surface area contributed by atoms with Gasteiger partial charge >= 0.3 is 0 Å². The smallest absolute Gasteiger partial charge is 0.0431 e. The van der Waals surface area contributed by atoms with E-state index in [2.05, 4.69) is 4.90 Å². The van der Waals surface area contributed by atoms with Crippen LogP contribution in [0.5, 0.6) is 0 Å². The Morgan fingerprint density at radius 1 is 0.688 bits per heavy atom. The molecule has 16 heavy (non-hydrogen) atoms. The van der Waals surface area contributed by atoms with Gasteiger partial charge in [0.2, 0.25) is 0 Å². The van der Waals surface area contributed by atoms with Crippen molar-refractivity contribution < 1.29 is 10.2 Å². The van der Waals surface area contributed by atoms with E-state index in [-0.39, 0.29) is 13.2 Å². The lowest BCUT2D eigenvalue weighted by molar-refractivity contribution is 0.224. The minimum absolute atomic E-state index is 0.285. The third-order valence-electron chi connectivity index (χ3n) is 2.69. The predicted octanol–water partition coefficient (Wildman–Crippen LogP) is 0.572. The van der Waals surface area contributed by atoms with E-state index in [0.29, 0.717) is 0 Å². The molecule has 0 saturated carbocycles. The third-order valence-corrected chi connectivity index (χ3v) is 2.69. The van der Waals surface area contributed by atoms with Gasteiger partial charge in [0.25, 0.3) is 0 Å². The molecule has 0 rings (SSSR count). The fourth-order valence-corrected chi connectivity index (χ4v) is 1.71. The van der Waals surface area contributed by atoms with Gasteiger partial charge in [0, 0.05) is 13.2 Å². The lowest BCUT2D eigenvalue weighted by Gasteiger charge is -2.21. The van der Waals surface area contributed by atoms with E-state index < -0.39 is 0 Å². The first kappa shape index (κ1) is 15.8. The second-order valence-electron chi connectivity index (χ2n) is 4.20. The maximum atomic E-state index is 8.74. The second-order valence-corrected chi connectivity index (χ2v) is 4.20. The van der Waals surface area contributed by atoms with Crippen LogP contribution in [0.2, 0.25) is 0 Å². The van der Waals surface area contributed by atoms with Crippen LogP contribution in [-0.4, -0.2) is 54.5 Å². The molecule has 4 nitrogen and oxygen atoms in total. The van der Waals surface area contributed by atoms with E-state index in [1.165, 1.54) is 0 Å². The minimum atomic E-state index is 0.285. The lowest BCUT2D eigenvalue weighted by atomic mass is 10.2. The molecule has 0 saturated heterocycles. The summed E-state index contributed by atoms with van der Waals surface area (Å²) in [6.45, 7) is 4.53. The molecule has 0 atom stereocenters. The van der Waals surface area contributed by atoms with E-state index >= 15 is 0 Å². The van der Waals surface area contributed by atoms with E-state index in [1.54, 1.807) is 0 Å². The minimum Gasteiger partial charge on any atom is -0.396 e. The highest BCUT2D eigenvalue weighted by molar-refractivity contribution is 4.59. The van der Waals surface area contributed by atoms with Crippen molar-refractivity contribution in [3.63, 3.8) is 0 Å². The van der Waals surface area contributed by atoms with Gasteiger partial charge in [-0.1, -0.05) is 0 Å². The fourth-order valence-electron chi connectivity index (χ4n) is 1.71. The Morgan fingerprint density at radius 3 is 1.50 bits per heavy atom. The third kappa shape index (κ3) is 10.4. The van der Waals surface area contributed by atoms with Crippen molar-refractivity contribution in [1.82, 2.24) is 4.90 Å². The Balaban J connectivity index is 3.58. The zero-order chi connectivity index (χ0) is 12.1. The van der Waals surface area contributed by atoms with Crippen molar-refractivity contribution >= 4 is 0 Å². The number of rotatable bonds is 12. The molecular formula is C12H28N2O2. The van der Waals surface area contributed by atoms with Crippen LogP contribution in [-0.2, 0) is 0 Å². The zero-order valence-corrected chi connectivity index (χ0v) is 10.4. The summed E-state index contributed by atoms with van der Waals surface area (Å²) in [4.78, 5) is 2.42. The Morgan fingerprint density at radius 2 is 1.12 bits per heavy atom. The van der Waals surface area contributed by atoms with Crippen molar-refractivity contribution in [2.75, 3.05) is 39.4 Å². The molecule has 0 aliphatic carbocycles. The number of unbranched alkanes of at least 4 members (excludes halogenated alkanes) is 3. The highest BCUT2D eigenvalue weighted by atomic mass is 16.3. The Labute approximate surface area is 99.4 Å². The fraction of sp³-hybridized carbons (Fsp3) is 1.00. The summed E-state index contributed by atoms with van der Waals surface area (Å²) in [6, 6.07) is 0. The Bertz CT molecular complexity index is 110. The van der Waals surface area contributed by atoms with Gasteiger partial charge in [0.05, 0.1) is 0 Å². The van der Waals surface area contributed by atoms with Crippen molar-refractivity contribution in [2.24, 2.45) is 5.73 Å². The number of hydrogen-bond acceptors (Lipinski definition) is 4. The van der Waals surface area contributed by atoms with Crippen LogP contribution in [0, 0.1) is 0 Å². The monoisotopic (exact) mass is 232 g/mol. The van der Waals surface area contributed by atoms with Gasteiger partial charge < -0.3 is 20.8 Å². The average molecular weight is 232 g/mol. The predicted molar refractivity (Wildman–Crippen MR) is 67.4 cm³/mol. The first-order valence-electron chi connectivity index (χ1n) is 6.49. The standard InChI is InChI=1S/C12H28N2O2/c13-7-1-2-8-14(9-3-5-11-15)10-4-6-12-16/h15-16H,1-13H2. The molecule has 0 aliphatic rings. The first-order valence-corrected chi connectivity index (χ1v) is 6.49. The van der Waals surface area contributed by atoms with Gasteiger partial charge in [0.15, 0.2) is 0 Å². The molecule has 0 fully saturated rings. The molecular weight excluding hydrogens is 204 g/mol. The van der Waals surface area contributed by atoms with Crippen molar-refractivity contribution in [2.45, 2.75) is 38.5 Å². The lowest BCUT2D eigenvalue weighted by Crippen LogP contribution is -2.28. The van der Waals surface area contributed by atoms with Crippen LogP contribution >= 0.6 is 0 Å². The summed E-state index contributed by atoms with van der Waals surface area (Å²) in [6.07, 6.45) is 6.10. The number of nitrogens with two attached hydrogens (primary N) is 1. The number of aliphatic hydroxyl groups is 2. The van der Waals surface area contributed by atoms with Crippen LogP contribution in [0.25, 0.3) is 0 Å². The van der Waals surface area contributed by atoms with Gasteiger partial charge in [0.1, 0.15) is 0 Å². The van der Waals surface area contributed by atoms with Crippen molar-refractivity contribution in [1.29, 1.82) is 0 Å². The molecule has 0 aromatic carbocycles. The number of aliphatic hydroxyl groups excluding tert-OH is 2. The molecule has 0 radical (unpaired) electrons. The molecule has 0 aromatic rings. The van der Waals surface area contributed by atoms with E-state index in [9.17, 15) is 0 Å². The molecule has 0 unspecified atom stereocenters. The largest absolute Gasteiger partial charge is 0.396 e. The summed E-state index contributed by atoms with van der Waals surface area (Å²) >= 11 is 0. The van der Waals surface area contributed by atoms with Gasteiger partial charge in [-0.15, -0.1) is 0 Å². The molecule has 98 valence electrons. The molecule has 0 aromatic heterocycles. The summed E-state index contributed by atoms with van der Waals surface area (Å²) in [5, 5.41) is 17.5. The SMILES string of the molecule is NCCCCN(CCCCO)CCCCO. The van der Waals surface area contributed by atoms with Crippen molar-refractivity contribution in [3.8, 4) is 0 Å². The summed E-state index contributed by atoms with van der Waals surface area (Å²) in [7, 11) is 0.